The molecule has 17 heavy (non-hydrogen) atoms. The Morgan fingerprint density at radius 1 is 1.18 bits per heavy atom. The van der Waals surface area contributed by atoms with E-state index in [1.54, 1.807) is 0 Å². The van der Waals surface area contributed by atoms with Crippen LogP contribution in [0.5, 0.6) is 0 Å². The fourth-order valence-corrected chi connectivity index (χ4v) is 3.60. The highest BCUT2D eigenvalue weighted by atomic mass is 16.5. The van der Waals surface area contributed by atoms with Crippen molar-refractivity contribution in [3.63, 3.8) is 0 Å². The standard InChI is InChI=1S/C14H23NO2/c1-9(10-2-4-17-5-3-10)15-14(16)13-7-11-6-12(11)8-13/h9-13H,2-8H2,1H3,(H,15,16). The van der Waals surface area contributed by atoms with Gasteiger partial charge in [0.25, 0.3) is 0 Å². The van der Waals surface area contributed by atoms with Crippen molar-refractivity contribution in [2.45, 2.75) is 45.1 Å². The molecule has 0 aromatic rings. The summed E-state index contributed by atoms with van der Waals surface area (Å²) in [6, 6.07) is 0.323. The van der Waals surface area contributed by atoms with Gasteiger partial charge in [-0.25, -0.2) is 0 Å². The van der Waals surface area contributed by atoms with Crippen LogP contribution in [-0.4, -0.2) is 25.2 Å². The van der Waals surface area contributed by atoms with E-state index < -0.39 is 0 Å². The number of hydrogen-bond acceptors (Lipinski definition) is 2. The summed E-state index contributed by atoms with van der Waals surface area (Å²) in [5.74, 6) is 3.04. The molecule has 1 saturated heterocycles. The van der Waals surface area contributed by atoms with Gasteiger partial charge >= 0.3 is 0 Å². The molecule has 1 amide bonds. The average molecular weight is 237 g/mol. The Morgan fingerprint density at radius 2 is 1.82 bits per heavy atom. The van der Waals surface area contributed by atoms with Crippen molar-refractivity contribution >= 4 is 5.91 Å². The first-order valence-corrected chi connectivity index (χ1v) is 7.12. The van der Waals surface area contributed by atoms with Crippen molar-refractivity contribution < 1.29 is 9.53 Å². The maximum absolute atomic E-state index is 12.1. The Bertz CT molecular complexity index is 289. The predicted octanol–water partition coefficient (Wildman–Crippen LogP) is 1.96. The van der Waals surface area contributed by atoms with Crippen molar-refractivity contribution in [2.75, 3.05) is 13.2 Å². The third-order valence-electron chi connectivity index (χ3n) is 4.96. The number of ether oxygens (including phenoxy) is 1. The maximum Gasteiger partial charge on any atom is 0.223 e. The second kappa shape index (κ2) is 4.60. The summed E-state index contributed by atoms with van der Waals surface area (Å²) in [5.41, 5.74) is 0. The lowest BCUT2D eigenvalue weighted by Crippen LogP contribution is -2.42. The Hall–Kier alpha value is -0.570. The summed E-state index contributed by atoms with van der Waals surface area (Å²) >= 11 is 0. The Kier molecular flexibility index (Phi) is 3.12. The van der Waals surface area contributed by atoms with Crippen LogP contribution in [0, 0.1) is 23.7 Å². The number of hydrogen-bond donors (Lipinski definition) is 1. The summed E-state index contributed by atoms with van der Waals surface area (Å²) in [6.07, 6.45) is 5.88. The number of amides is 1. The van der Waals surface area contributed by atoms with Crippen LogP contribution < -0.4 is 5.32 Å². The zero-order chi connectivity index (χ0) is 11.8. The molecule has 3 aliphatic rings. The van der Waals surface area contributed by atoms with Gasteiger partial charge in [-0.05, 0) is 56.8 Å². The van der Waals surface area contributed by atoms with Crippen molar-refractivity contribution in [1.82, 2.24) is 5.32 Å². The van der Waals surface area contributed by atoms with Crippen molar-refractivity contribution in [1.29, 1.82) is 0 Å². The quantitative estimate of drug-likeness (QED) is 0.815. The molecule has 2 aliphatic carbocycles. The SMILES string of the molecule is CC(NC(=O)C1CC2CC2C1)C1CCOCC1. The van der Waals surface area contributed by atoms with Crippen LogP contribution in [0.4, 0.5) is 0 Å². The third kappa shape index (κ3) is 2.49. The minimum atomic E-state index is 0.316. The van der Waals surface area contributed by atoms with Gasteiger partial charge in [0, 0.05) is 25.2 Å². The molecule has 1 aliphatic heterocycles. The zero-order valence-electron chi connectivity index (χ0n) is 10.7. The summed E-state index contributed by atoms with van der Waals surface area (Å²) in [4.78, 5) is 12.1. The molecule has 3 nitrogen and oxygen atoms in total. The number of rotatable bonds is 3. The van der Waals surface area contributed by atoms with E-state index in [0.29, 0.717) is 23.8 Å². The lowest BCUT2D eigenvalue weighted by atomic mass is 9.92. The van der Waals surface area contributed by atoms with Gasteiger partial charge < -0.3 is 10.1 Å². The first-order valence-electron chi connectivity index (χ1n) is 7.12. The monoisotopic (exact) mass is 237 g/mol. The molecule has 0 bridgehead atoms. The van der Waals surface area contributed by atoms with Gasteiger partial charge in [0.15, 0.2) is 0 Å². The van der Waals surface area contributed by atoms with Crippen LogP contribution in [-0.2, 0) is 9.53 Å². The van der Waals surface area contributed by atoms with E-state index in [0.717, 1.165) is 50.7 Å². The van der Waals surface area contributed by atoms with E-state index in [-0.39, 0.29) is 0 Å². The number of nitrogens with one attached hydrogen (secondary N) is 1. The highest BCUT2D eigenvalue weighted by Crippen LogP contribution is 2.54. The van der Waals surface area contributed by atoms with Crippen molar-refractivity contribution in [3.05, 3.63) is 0 Å². The molecular weight excluding hydrogens is 214 g/mol. The molecule has 3 heteroatoms. The van der Waals surface area contributed by atoms with Crippen LogP contribution in [0.2, 0.25) is 0 Å². The highest BCUT2D eigenvalue weighted by molar-refractivity contribution is 5.79. The Labute approximate surface area is 103 Å². The van der Waals surface area contributed by atoms with Gasteiger partial charge in [0.05, 0.1) is 0 Å². The predicted molar refractivity (Wildman–Crippen MR) is 65.5 cm³/mol. The summed E-state index contributed by atoms with van der Waals surface area (Å²) in [5, 5.41) is 3.24. The minimum Gasteiger partial charge on any atom is -0.381 e. The van der Waals surface area contributed by atoms with E-state index in [9.17, 15) is 4.79 Å². The lowest BCUT2D eigenvalue weighted by Gasteiger charge is -2.29. The summed E-state index contributed by atoms with van der Waals surface area (Å²) < 4.78 is 5.36. The van der Waals surface area contributed by atoms with Crippen molar-refractivity contribution in [3.8, 4) is 0 Å². The smallest absolute Gasteiger partial charge is 0.223 e. The molecule has 0 aromatic heterocycles. The van der Waals surface area contributed by atoms with Gasteiger partial charge in [-0.15, -0.1) is 0 Å². The molecule has 0 spiro atoms. The second-order valence-corrected chi connectivity index (χ2v) is 6.17. The van der Waals surface area contributed by atoms with Crippen molar-refractivity contribution in [2.24, 2.45) is 23.7 Å². The first-order chi connectivity index (χ1) is 8.24. The second-order valence-electron chi connectivity index (χ2n) is 6.17. The Balaban J connectivity index is 1.46. The van der Waals surface area contributed by atoms with E-state index in [2.05, 4.69) is 12.2 Å². The summed E-state index contributed by atoms with van der Waals surface area (Å²) in [7, 11) is 0. The van der Waals surface area contributed by atoms with Gasteiger partial charge in [0.2, 0.25) is 5.91 Å². The molecular formula is C14H23NO2. The fraction of sp³-hybridized carbons (Fsp3) is 0.929. The average Bonchev–Trinajstić information content (AvgIpc) is 2.97. The van der Waals surface area contributed by atoms with E-state index >= 15 is 0 Å². The summed E-state index contributed by atoms with van der Waals surface area (Å²) in [6.45, 7) is 3.88. The molecule has 2 saturated carbocycles. The normalized spacial score (nSPS) is 38.5. The van der Waals surface area contributed by atoms with E-state index in [1.165, 1.54) is 6.42 Å². The minimum absolute atomic E-state index is 0.316. The van der Waals surface area contributed by atoms with Crippen LogP contribution in [0.3, 0.4) is 0 Å². The Morgan fingerprint density at radius 3 is 2.47 bits per heavy atom. The molecule has 0 radical (unpaired) electrons. The van der Waals surface area contributed by atoms with Crippen LogP contribution in [0.25, 0.3) is 0 Å². The maximum atomic E-state index is 12.1. The highest BCUT2D eigenvalue weighted by Gasteiger charge is 2.48. The molecule has 3 unspecified atom stereocenters. The largest absolute Gasteiger partial charge is 0.381 e. The van der Waals surface area contributed by atoms with Crippen LogP contribution in [0.1, 0.15) is 39.0 Å². The zero-order valence-corrected chi connectivity index (χ0v) is 10.7. The van der Waals surface area contributed by atoms with Gasteiger partial charge in [-0.3, -0.25) is 4.79 Å². The number of fused-ring (bicyclic) bond motifs is 1. The fourth-order valence-electron chi connectivity index (χ4n) is 3.60. The molecule has 3 rings (SSSR count). The van der Waals surface area contributed by atoms with Crippen LogP contribution >= 0.6 is 0 Å². The molecule has 3 atom stereocenters. The van der Waals surface area contributed by atoms with Gasteiger partial charge in [0.1, 0.15) is 0 Å². The first kappa shape index (κ1) is 11.5. The molecule has 3 fully saturated rings. The molecule has 1 heterocycles. The van der Waals surface area contributed by atoms with Gasteiger partial charge in [-0.1, -0.05) is 0 Å². The molecule has 96 valence electrons. The topological polar surface area (TPSA) is 38.3 Å². The van der Waals surface area contributed by atoms with E-state index in [1.807, 2.05) is 0 Å². The lowest BCUT2D eigenvalue weighted by molar-refractivity contribution is -0.126. The number of carbonyl (C=O) groups excluding carboxylic acids is 1. The van der Waals surface area contributed by atoms with Crippen LogP contribution in [0.15, 0.2) is 0 Å². The molecule has 0 aromatic carbocycles. The number of carbonyl (C=O) groups is 1. The van der Waals surface area contributed by atoms with Gasteiger partial charge in [-0.2, -0.15) is 0 Å². The van der Waals surface area contributed by atoms with E-state index in [4.69, 9.17) is 4.74 Å². The molecule has 1 N–H and O–H groups in total. The third-order valence-corrected chi connectivity index (χ3v) is 4.96.